The molecule has 5 rings (SSSR count). The molecule has 1 aliphatic rings. The second-order valence-electron chi connectivity index (χ2n) is 10.2. The summed E-state index contributed by atoms with van der Waals surface area (Å²) >= 11 is 0. The fraction of sp³-hybridized carbons (Fsp3) is 0.308. The van der Waals surface area contributed by atoms with Gasteiger partial charge in [-0.1, -0.05) is 0 Å². The summed E-state index contributed by atoms with van der Waals surface area (Å²) in [6.45, 7) is 6.82. The predicted octanol–water partition coefficient (Wildman–Crippen LogP) is 4.53. The van der Waals surface area contributed by atoms with Crippen LogP contribution in [0.5, 0.6) is 0 Å². The van der Waals surface area contributed by atoms with E-state index in [4.69, 9.17) is 0 Å². The van der Waals surface area contributed by atoms with Crippen LogP contribution in [0, 0.1) is 17.5 Å². The van der Waals surface area contributed by atoms with E-state index < -0.39 is 32.2 Å². The zero-order valence-corrected chi connectivity index (χ0v) is 22.4. The number of hydrogen-bond acceptors (Lipinski definition) is 7. The molecule has 3 heterocycles. The van der Waals surface area contributed by atoms with Crippen LogP contribution < -0.4 is 20.3 Å². The Kier molecular flexibility index (Phi) is 6.89. The SMILES string of the molecule is CC(C)(C)S(=O)(=O)Nc1cc(-n2ccc3cnc(Nc4cc(F)c(N5CCNCC5)c(F)c4)nc32)ccc1F. The summed E-state index contributed by atoms with van der Waals surface area (Å²) in [5, 5.41) is 6.64. The van der Waals surface area contributed by atoms with Crippen LogP contribution in [0.25, 0.3) is 16.7 Å². The van der Waals surface area contributed by atoms with E-state index in [0.717, 1.165) is 6.07 Å². The minimum atomic E-state index is -3.86. The molecule has 2 aromatic carbocycles. The second kappa shape index (κ2) is 10.0. The molecule has 2 aromatic heterocycles. The van der Waals surface area contributed by atoms with Crippen molar-refractivity contribution >= 4 is 44.1 Å². The number of rotatable bonds is 6. The number of nitrogens with zero attached hydrogens (tertiary/aromatic N) is 4. The second-order valence-corrected chi connectivity index (χ2v) is 12.6. The van der Waals surface area contributed by atoms with Gasteiger partial charge >= 0.3 is 0 Å². The summed E-state index contributed by atoms with van der Waals surface area (Å²) in [5.74, 6) is -2.03. The molecule has 4 aromatic rings. The summed E-state index contributed by atoms with van der Waals surface area (Å²) in [6, 6.07) is 8.14. The number of piperazine rings is 1. The highest BCUT2D eigenvalue weighted by Crippen LogP contribution is 2.30. The molecule has 0 spiro atoms. The summed E-state index contributed by atoms with van der Waals surface area (Å²) < 4.78 is 72.3. The van der Waals surface area contributed by atoms with Crippen LogP contribution in [0.15, 0.2) is 48.8 Å². The third-order valence-corrected chi connectivity index (χ3v) is 8.51. The lowest BCUT2D eigenvalue weighted by molar-refractivity contribution is 0.538. The Balaban J connectivity index is 1.45. The number of benzene rings is 2. The van der Waals surface area contributed by atoms with Crippen molar-refractivity contribution < 1.29 is 21.6 Å². The molecule has 1 saturated heterocycles. The zero-order chi connectivity index (χ0) is 27.9. The summed E-state index contributed by atoms with van der Waals surface area (Å²) in [6.07, 6.45) is 3.22. The van der Waals surface area contributed by atoms with Crippen LogP contribution >= 0.6 is 0 Å². The Bertz CT molecular complexity index is 1620. The van der Waals surface area contributed by atoms with Gasteiger partial charge in [0.15, 0.2) is 11.6 Å². The average molecular weight is 560 g/mol. The number of halogens is 3. The monoisotopic (exact) mass is 559 g/mol. The fourth-order valence-electron chi connectivity index (χ4n) is 4.18. The van der Waals surface area contributed by atoms with E-state index in [2.05, 4.69) is 25.3 Å². The van der Waals surface area contributed by atoms with Crippen LogP contribution in [0.2, 0.25) is 0 Å². The first-order valence-corrected chi connectivity index (χ1v) is 13.8. The molecule has 9 nitrogen and oxygen atoms in total. The molecular formula is C26H28F3N7O2S. The van der Waals surface area contributed by atoms with Crippen LogP contribution in [-0.4, -0.2) is 53.9 Å². The van der Waals surface area contributed by atoms with E-state index in [-0.39, 0.29) is 23.0 Å². The zero-order valence-electron chi connectivity index (χ0n) is 21.6. The van der Waals surface area contributed by atoms with E-state index in [9.17, 15) is 21.6 Å². The quantitative estimate of drug-likeness (QED) is 0.319. The summed E-state index contributed by atoms with van der Waals surface area (Å²) in [5.41, 5.74) is 0.734. The number of fused-ring (bicyclic) bond motifs is 1. The maximum absolute atomic E-state index is 14.9. The molecule has 0 aliphatic carbocycles. The van der Waals surface area contributed by atoms with Crippen molar-refractivity contribution in [1.82, 2.24) is 19.9 Å². The molecule has 0 unspecified atom stereocenters. The lowest BCUT2D eigenvalue weighted by Gasteiger charge is -2.30. The minimum absolute atomic E-state index is 0.0681. The van der Waals surface area contributed by atoms with Gasteiger partial charge in [-0.05, 0) is 57.2 Å². The van der Waals surface area contributed by atoms with Gasteiger partial charge in [0.25, 0.3) is 0 Å². The Labute approximate surface area is 224 Å². The lowest BCUT2D eigenvalue weighted by Crippen LogP contribution is -2.44. The van der Waals surface area contributed by atoms with Crippen molar-refractivity contribution in [2.45, 2.75) is 25.5 Å². The van der Waals surface area contributed by atoms with Crippen LogP contribution in [-0.2, 0) is 10.0 Å². The summed E-state index contributed by atoms with van der Waals surface area (Å²) in [4.78, 5) is 10.4. The van der Waals surface area contributed by atoms with E-state index in [1.165, 1.54) is 51.2 Å². The Morgan fingerprint density at radius 2 is 1.67 bits per heavy atom. The third-order valence-electron chi connectivity index (χ3n) is 6.41. The largest absolute Gasteiger partial charge is 0.364 e. The van der Waals surface area contributed by atoms with Crippen LogP contribution in [0.3, 0.4) is 0 Å². The first-order chi connectivity index (χ1) is 18.4. The first-order valence-electron chi connectivity index (χ1n) is 12.3. The standard InChI is InChI=1S/C26H28F3N7O2S/c1-26(2,3)39(37,38)34-22-14-18(4-5-19(22)27)36-9-6-16-15-31-25(33-24(16)36)32-17-12-20(28)23(21(29)13-17)35-10-7-30-8-11-35/h4-6,9,12-15,30,34H,7-8,10-11H2,1-3H3,(H,31,32,33). The highest BCUT2D eigenvalue weighted by atomic mass is 32.2. The van der Waals surface area contributed by atoms with Crippen molar-refractivity contribution in [3.8, 4) is 5.69 Å². The van der Waals surface area contributed by atoms with E-state index in [0.29, 0.717) is 42.9 Å². The normalized spacial score (nSPS) is 14.6. The summed E-state index contributed by atoms with van der Waals surface area (Å²) in [7, 11) is -3.86. The van der Waals surface area contributed by atoms with Gasteiger partial charge in [-0.25, -0.2) is 26.6 Å². The average Bonchev–Trinajstić information content (AvgIpc) is 3.28. The molecule has 0 saturated carbocycles. The Morgan fingerprint density at radius 3 is 2.33 bits per heavy atom. The highest BCUT2D eigenvalue weighted by Gasteiger charge is 2.30. The number of sulfonamides is 1. The molecule has 0 bridgehead atoms. The van der Waals surface area contributed by atoms with Crippen molar-refractivity contribution in [1.29, 1.82) is 0 Å². The Hall–Kier alpha value is -3.84. The molecule has 1 aliphatic heterocycles. The highest BCUT2D eigenvalue weighted by molar-refractivity contribution is 7.94. The van der Waals surface area contributed by atoms with Crippen molar-refractivity contribution in [2.75, 3.05) is 41.1 Å². The molecule has 0 atom stereocenters. The van der Waals surface area contributed by atoms with E-state index in [1.54, 1.807) is 21.7 Å². The van der Waals surface area contributed by atoms with Crippen molar-refractivity contribution in [2.24, 2.45) is 0 Å². The minimum Gasteiger partial charge on any atom is -0.364 e. The van der Waals surface area contributed by atoms with Gasteiger partial charge in [0.05, 0.1) is 10.4 Å². The molecule has 39 heavy (non-hydrogen) atoms. The Morgan fingerprint density at radius 1 is 0.974 bits per heavy atom. The van der Waals surface area contributed by atoms with Gasteiger partial charge in [-0.2, -0.15) is 4.98 Å². The van der Waals surface area contributed by atoms with Crippen molar-refractivity contribution in [3.05, 3.63) is 66.2 Å². The van der Waals surface area contributed by atoms with E-state index in [1.807, 2.05) is 0 Å². The van der Waals surface area contributed by atoms with Gasteiger partial charge in [0.1, 0.15) is 17.2 Å². The maximum Gasteiger partial charge on any atom is 0.237 e. The molecular weight excluding hydrogens is 531 g/mol. The molecule has 0 radical (unpaired) electrons. The molecule has 13 heteroatoms. The van der Waals surface area contributed by atoms with Gasteiger partial charge in [0.2, 0.25) is 16.0 Å². The van der Waals surface area contributed by atoms with Gasteiger partial charge in [-0.15, -0.1) is 0 Å². The van der Waals surface area contributed by atoms with Crippen LogP contribution in [0.1, 0.15) is 20.8 Å². The van der Waals surface area contributed by atoms with Crippen molar-refractivity contribution in [3.63, 3.8) is 0 Å². The lowest BCUT2D eigenvalue weighted by atomic mass is 10.2. The van der Waals surface area contributed by atoms with Crippen LogP contribution in [0.4, 0.5) is 36.2 Å². The molecule has 3 N–H and O–H groups in total. The third kappa shape index (κ3) is 5.36. The number of anilines is 4. The topological polar surface area (TPSA) is 104 Å². The fourth-order valence-corrected chi connectivity index (χ4v) is 4.94. The number of aromatic nitrogens is 3. The maximum atomic E-state index is 14.9. The molecule has 206 valence electrons. The smallest absolute Gasteiger partial charge is 0.237 e. The van der Waals surface area contributed by atoms with Gasteiger partial charge < -0.3 is 20.1 Å². The van der Waals surface area contributed by atoms with Gasteiger partial charge in [0, 0.05) is 55.3 Å². The number of nitrogens with one attached hydrogen (secondary N) is 3. The number of hydrogen-bond donors (Lipinski definition) is 3. The first kappa shape index (κ1) is 26.8. The van der Waals surface area contributed by atoms with Gasteiger partial charge in [-0.3, -0.25) is 4.72 Å². The molecule has 0 amide bonds. The molecule has 1 fully saturated rings. The van der Waals surface area contributed by atoms with E-state index >= 15 is 0 Å². The predicted molar refractivity (Wildman–Crippen MR) is 146 cm³/mol.